The van der Waals surface area contributed by atoms with Crippen molar-refractivity contribution in [1.82, 2.24) is 0 Å². The highest BCUT2D eigenvalue weighted by atomic mass is 16.1. The zero-order valence-corrected chi connectivity index (χ0v) is 6.09. The molecule has 0 fully saturated rings. The number of hydrogen-bond donors (Lipinski definition) is 0. The molecular formula is C9H8O2. The monoisotopic (exact) mass is 148 g/mol. The molecule has 0 N–H and O–H groups in total. The number of allylic oxidation sites excluding steroid dienone is 4. The lowest BCUT2D eigenvalue weighted by Gasteiger charge is -2.08. The van der Waals surface area contributed by atoms with Crippen LogP contribution in [0.25, 0.3) is 0 Å². The SMILES string of the molecule is O=C1CC=C2C(=O)CCC=C12. The van der Waals surface area contributed by atoms with Crippen LogP contribution in [-0.2, 0) is 9.59 Å². The molecule has 2 rings (SSSR count). The maximum absolute atomic E-state index is 11.2. The van der Waals surface area contributed by atoms with E-state index in [1.165, 1.54) is 0 Å². The number of carbonyl (C=O) groups excluding carboxylic acids is 2. The summed E-state index contributed by atoms with van der Waals surface area (Å²) in [5.41, 5.74) is 1.34. The van der Waals surface area contributed by atoms with Gasteiger partial charge in [0.1, 0.15) is 0 Å². The van der Waals surface area contributed by atoms with Gasteiger partial charge in [0.15, 0.2) is 11.6 Å². The molecule has 0 bridgehead atoms. The van der Waals surface area contributed by atoms with Crippen LogP contribution in [0, 0.1) is 0 Å². The molecule has 0 unspecified atom stereocenters. The number of fused-ring (bicyclic) bond motifs is 1. The third-order valence-corrected chi connectivity index (χ3v) is 2.10. The molecule has 0 aromatic rings. The fourth-order valence-electron chi connectivity index (χ4n) is 1.53. The van der Waals surface area contributed by atoms with Crippen LogP contribution < -0.4 is 0 Å². The third kappa shape index (κ3) is 0.862. The minimum Gasteiger partial charge on any atom is -0.294 e. The van der Waals surface area contributed by atoms with Crippen LogP contribution in [0.15, 0.2) is 23.3 Å². The Morgan fingerprint density at radius 2 is 1.73 bits per heavy atom. The van der Waals surface area contributed by atoms with E-state index in [-0.39, 0.29) is 11.6 Å². The van der Waals surface area contributed by atoms with Crippen LogP contribution in [-0.4, -0.2) is 11.6 Å². The molecule has 0 aromatic carbocycles. The van der Waals surface area contributed by atoms with Crippen molar-refractivity contribution in [3.05, 3.63) is 23.3 Å². The number of carbonyl (C=O) groups is 2. The highest BCUT2D eigenvalue weighted by Crippen LogP contribution is 2.28. The van der Waals surface area contributed by atoms with Gasteiger partial charge in [-0.1, -0.05) is 12.2 Å². The molecule has 11 heavy (non-hydrogen) atoms. The van der Waals surface area contributed by atoms with E-state index in [1.807, 2.05) is 6.08 Å². The standard InChI is InChI=1S/C9H8O2/c10-8-3-1-2-6-7(8)4-5-9(6)11/h2,4H,1,3,5H2. The largest absolute Gasteiger partial charge is 0.294 e. The van der Waals surface area contributed by atoms with Gasteiger partial charge in [-0.2, -0.15) is 0 Å². The van der Waals surface area contributed by atoms with E-state index < -0.39 is 0 Å². The van der Waals surface area contributed by atoms with Crippen molar-refractivity contribution in [2.24, 2.45) is 0 Å². The van der Waals surface area contributed by atoms with Crippen molar-refractivity contribution in [3.8, 4) is 0 Å². The fourth-order valence-corrected chi connectivity index (χ4v) is 1.53. The Bertz CT molecular complexity index is 289. The van der Waals surface area contributed by atoms with E-state index in [0.717, 1.165) is 6.42 Å². The van der Waals surface area contributed by atoms with Gasteiger partial charge >= 0.3 is 0 Å². The van der Waals surface area contributed by atoms with Crippen molar-refractivity contribution in [3.63, 3.8) is 0 Å². The maximum atomic E-state index is 11.2. The minimum atomic E-state index is 0.105. The summed E-state index contributed by atoms with van der Waals surface area (Å²) in [4.78, 5) is 22.2. The lowest BCUT2D eigenvalue weighted by Crippen LogP contribution is -2.10. The molecule has 2 aliphatic rings. The van der Waals surface area contributed by atoms with Gasteiger partial charge in [0, 0.05) is 24.0 Å². The lowest BCUT2D eigenvalue weighted by atomic mass is 9.94. The van der Waals surface area contributed by atoms with E-state index in [0.29, 0.717) is 24.0 Å². The topological polar surface area (TPSA) is 34.1 Å². The molecule has 0 aliphatic heterocycles. The molecule has 0 aromatic heterocycles. The summed E-state index contributed by atoms with van der Waals surface area (Å²) in [5.74, 6) is 0.237. The van der Waals surface area contributed by atoms with Crippen LogP contribution in [0.2, 0.25) is 0 Å². The van der Waals surface area contributed by atoms with Gasteiger partial charge in [-0.25, -0.2) is 0 Å². The molecule has 0 saturated carbocycles. The smallest absolute Gasteiger partial charge is 0.167 e. The van der Waals surface area contributed by atoms with Crippen LogP contribution in [0.5, 0.6) is 0 Å². The normalized spacial score (nSPS) is 22.9. The number of ketones is 2. The maximum Gasteiger partial charge on any atom is 0.167 e. The first kappa shape index (κ1) is 6.53. The van der Waals surface area contributed by atoms with Gasteiger partial charge in [-0.05, 0) is 6.42 Å². The second-order valence-electron chi connectivity index (χ2n) is 2.82. The molecule has 0 heterocycles. The number of hydrogen-bond acceptors (Lipinski definition) is 2. The Balaban J connectivity index is 2.47. The van der Waals surface area contributed by atoms with E-state index in [1.54, 1.807) is 6.08 Å². The molecule has 0 radical (unpaired) electrons. The Hall–Kier alpha value is -1.18. The molecular weight excluding hydrogens is 140 g/mol. The third-order valence-electron chi connectivity index (χ3n) is 2.10. The molecule has 2 nitrogen and oxygen atoms in total. The first-order chi connectivity index (χ1) is 5.29. The average molecular weight is 148 g/mol. The lowest BCUT2D eigenvalue weighted by molar-refractivity contribution is -0.117. The van der Waals surface area contributed by atoms with E-state index >= 15 is 0 Å². The molecule has 0 spiro atoms. The Morgan fingerprint density at radius 1 is 1.00 bits per heavy atom. The second kappa shape index (κ2) is 2.16. The first-order valence-electron chi connectivity index (χ1n) is 3.76. The molecule has 2 heteroatoms. The molecule has 0 amide bonds. The van der Waals surface area contributed by atoms with Gasteiger partial charge in [0.25, 0.3) is 0 Å². The predicted molar refractivity (Wildman–Crippen MR) is 40.0 cm³/mol. The summed E-state index contributed by atoms with van der Waals surface area (Å²) in [6.45, 7) is 0. The molecule has 0 saturated heterocycles. The molecule has 56 valence electrons. The van der Waals surface area contributed by atoms with Crippen LogP contribution >= 0.6 is 0 Å². The van der Waals surface area contributed by atoms with Crippen molar-refractivity contribution < 1.29 is 9.59 Å². The summed E-state index contributed by atoms with van der Waals surface area (Å²) in [7, 11) is 0. The van der Waals surface area contributed by atoms with Gasteiger partial charge < -0.3 is 0 Å². The van der Waals surface area contributed by atoms with Crippen LogP contribution in [0.1, 0.15) is 19.3 Å². The summed E-state index contributed by atoms with van der Waals surface area (Å²) in [6.07, 6.45) is 5.35. The molecule has 0 atom stereocenters. The average Bonchev–Trinajstić information content (AvgIpc) is 2.35. The summed E-state index contributed by atoms with van der Waals surface area (Å²) < 4.78 is 0. The van der Waals surface area contributed by atoms with Crippen molar-refractivity contribution >= 4 is 11.6 Å². The van der Waals surface area contributed by atoms with Crippen molar-refractivity contribution in [2.75, 3.05) is 0 Å². The summed E-state index contributed by atoms with van der Waals surface area (Å²) in [6, 6.07) is 0. The Labute approximate surface area is 64.6 Å². The van der Waals surface area contributed by atoms with Crippen molar-refractivity contribution in [1.29, 1.82) is 0 Å². The quantitative estimate of drug-likeness (QED) is 0.516. The zero-order valence-electron chi connectivity index (χ0n) is 6.09. The van der Waals surface area contributed by atoms with Crippen LogP contribution in [0.3, 0.4) is 0 Å². The molecule has 2 aliphatic carbocycles. The van der Waals surface area contributed by atoms with E-state index in [4.69, 9.17) is 0 Å². The van der Waals surface area contributed by atoms with Gasteiger partial charge in [-0.15, -0.1) is 0 Å². The number of Topliss-reactive ketones (excluding diaryl/α,β-unsaturated/α-hetero) is 2. The predicted octanol–water partition coefficient (Wildman–Crippen LogP) is 1.17. The second-order valence-corrected chi connectivity index (χ2v) is 2.82. The Kier molecular flexibility index (Phi) is 1.28. The zero-order chi connectivity index (χ0) is 7.84. The van der Waals surface area contributed by atoms with E-state index in [2.05, 4.69) is 0 Å². The van der Waals surface area contributed by atoms with Crippen molar-refractivity contribution in [2.45, 2.75) is 19.3 Å². The first-order valence-corrected chi connectivity index (χ1v) is 3.76. The van der Waals surface area contributed by atoms with Gasteiger partial charge in [-0.3, -0.25) is 9.59 Å². The number of rotatable bonds is 0. The highest BCUT2D eigenvalue weighted by molar-refractivity contribution is 6.17. The summed E-state index contributed by atoms with van der Waals surface area (Å²) >= 11 is 0. The fraction of sp³-hybridized carbons (Fsp3) is 0.333. The van der Waals surface area contributed by atoms with Crippen LogP contribution in [0.4, 0.5) is 0 Å². The highest BCUT2D eigenvalue weighted by Gasteiger charge is 2.27. The Morgan fingerprint density at radius 3 is 2.45 bits per heavy atom. The summed E-state index contributed by atoms with van der Waals surface area (Å²) in [5, 5.41) is 0. The van der Waals surface area contributed by atoms with E-state index in [9.17, 15) is 9.59 Å². The minimum absolute atomic E-state index is 0.105. The van der Waals surface area contributed by atoms with Gasteiger partial charge in [0.05, 0.1) is 0 Å². The van der Waals surface area contributed by atoms with Gasteiger partial charge in [0.2, 0.25) is 0 Å².